The lowest BCUT2D eigenvalue weighted by Gasteiger charge is -2.36. The maximum absolute atomic E-state index is 12.8. The van der Waals surface area contributed by atoms with Crippen LogP contribution in [0.1, 0.15) is 30.4 Å². The average molecular weight is 376 g/mol. The fourth-order valence-corrected chi connectivity index (χ4v) is 5.25. The van der Waals surface area contributed by atoms with Crippen molar-refractivity contribution in [1.82, 2.24) is 9.62 Å². The van der Waals surface area contributed by atoms with Gasteiger partial charge in [0.2, 0.25) is 15.9 Å². The third-order valence-electron chi connectivity index (χ3n) is 5.17. The van der Waals surface area contributed by atoms with Gasteiger partial charge in [-0.1, -0.05) is 0 Å². The zero-order valence-electron chi connectivity index (χ0n) is 13.7. The normalized spacial score (nSPS) is 21.5. The number of nitrogens with zero attached hydrogens (tertiary/aromatic N) is 1. The minimum atomic E-state index is -4.51. The molecule has 2 fully saturated rings. The van der Waals surface area contributed by atoms with Crippen LogP contribution >= 0.6 is 0 Å². The lowest BCUT2D eigenvalue weighted by atomic mass is 9.78. The van der Waals surface area contributed by atoms with Crippen molar-refractivity contribution in [1.29, 1.82) is 0 Å². The number of alkyl halides is 3. The molecule has 1 aromatic rings. The Hall–Kier alpha value is -1.61. The molecular formula is C16H19F3N2O3S. The number of nitrogens with one attached hydrogen (secondary N) is 1. The van der Waals surface area contributed by atoms with Crippen molar-refractivity contribution >= 4 is 15.9 Å². The van der Waals surface area contributed by atoms with Crippen LogP contribution in [-0.4, -0.2) is 38.3 Å². The van der Waals surface area contributed by atoms with Gasteiger partial charge in [0.05, 0.1) is 15.9 Å². The van der Waals surface area contributed by atoms with Gasteiger partial charge in [0.25, 0.3) is 0 Å². The Kier molecular flexibility index (Phi) is 4.35. The second-order valence-electron chi connectivity index (χ2n) is 6.67. The van der Waals surface area contributed by atoms with Gasteiger partial charge in [-0.3, -0.25) is 4.79 Å². The van der Waals surface area contributed by atoms with E-state index >= 15 is 0 Å². The summed E-state index contributed by atoms with van der Waals surface area (Å²) in [6.07, 6.45) is -2.96. The number of hydrogen-bond acceptors (Lipinski definition) is 3. The summed E-state index contributed by atoms with van der Waals surface area (Å²) >= 11 is 0. The van der Waals surface area contributed by atoms with Gasteiger partial charge in [0.1, 0.15) is 0 Å². The van der Waals surface area contributed by atoms with Crippen LogP contribution in [0.25, 0.3) is 0 Å². The topological polar surface area (TPSA) is 66.5 Å². The third kappa shape index (κ3) is 3.15. The van der Waals surface area contributed by atoms with E-state index in [0.717, 1.165) is 18.2 Å². The lowest BCUT2D eigenvalue weighted by molar-refractivity contribution is -0.137. The molecule has 5 nitrogen and oxygen atoms in total. The van der Waals surface area contributed by atoms with E-state index in [1.54, 1.807) is 0 Å². The first-order valence-corrected chi connectivity index (χ1v) is 9.47. The number of carbonyl (C=O) groups is 1. The molecule has 0 bridgehead atoms. The monoisotopic (exact) mass is 376 g/mol. The largest absolute Gasteiger partial charge is 0.416 e. The maximum atomic E-state index is 12.8. The second kappa shape index (κ2) is 5.98. The first kappa shape index (κ1) is 18.2. The van der Waals surface area contributed by atoms with Gasteiger partial charge in [-0.2, -0.15) is 17.5 Å². The van der Waals surface area contributed by atoms with E-state index in [0.29, 0.717) is 25.8 Å². The number of aryl methyl sites for hydroxylation is 1. The number of sulfonamides is 1. The summed E-state index contributed by atoms with van der Waals surface area (Å²) in [7, 11) is -3.88. The Morgan fingerprint density at radius 1 is 1.16 bits per heavy atom. The maximum Gasteiger partial charge on any atom is 0.416 e. The molecule has 0 saturated carbocycles. The standard InChI is InChI=1S/C16H19F3N2O3S/c1-11-10-12(16(17,18)19)2-3-13(11)25(23,24)21-8-5-15(6-9-21)4-7-20-14(15)22/h2-3,10H,4-9H2,1H3,(H,20,22). The molecule has 2 aliphatic rings. The highest BCUT2D eigenvalue weighted by atomic mass is 32.2. The SMILES string of the molecule is Cc1cc(C(F)(F)F)ccc1S(=O)(=O)N1CCC2(CCNC2=O)CC1. The molecule has 2 aliphatic heterocycles. The van der Waals surface area contributed by atoms with Crippen LogP contribution in [0.3, 0.4) is 0 Å². The van der Waals surface area contributed by atoms with Crippen molar-refractivity contribution in [3.63, 3.8) is 0 Å². The number of amides is 1. The molecule has 0 radical (unpaired) electrons. The van der Waals surface area contributed by atoms with E-state index in [4.69, 9.17) is 0 Å². The fourth-order valence-electron chi connectivity index (χ4n) is 3.60. The molecule has 3 rings (SSSR count). The first-order chi connectivity index (χ1) is 11.6. The molecule has 1 amide bonds. The summed E-state index contributed by atoms with van der Waals surface area (Å²) in [5.74, 6) is -0.0322. The van der Waals surface area contributed by atoms with Crippen LogP contribution in [0.15, 0.2) is 23.1 Å². The summed E-state index contributed by atoms with van der Waals surface area (Å²) < 4.78 is 65.1. The first-order valence-electron chi connectivity index (χ1n) is 8.03. The highest BCUT2D eigenvalue weighted by Crippen LogP contribution is 2.40. The van der Waals surface area contributed by atoms with Crippen LogP contribution in [0.5, 0.6) is 0 Å². The molecule has 0 atom stereocenters. The fraction of sp³-hybridized carbons (Fsp3) is 0.562. The Labute approximate surface area is 144 Å². The van der Waals surface area contributed by atoms with E-state index in [9.17, 15) is 26.4 Å². The minimum absolute atomic E-state index is 0.0322. The second-order valence-corrected chi connectivity index (χ2v) is 8.57. The summed E-state index contributed by atoms with van der Waals surface area (Å²) in [6, 6.07) is 2.65. The predicted molar refractivity (Wildman–Crippen MR) is 84.2 cm³/mol. The summed E-state index contributed by atoms with van der Waals surface area (Å²) in [5, 5.41) is 2.78. The molecule has 0 aromatic heterocycles. The molecule has 9 heteroatoms. The Balaban J connectivity index is 1.82. The van der Waals surface area contributed by atoms with E-state index < -0.39 is 27.2 Å². The highest BCUT2D eigenvalue weighted by Gasteiger charge is 2.46. The van der Waals surface area contributed by atoms with Crippen LogP contribution in [-0.2, 0) is 21.0 Å². The summed E-state index contributed by atoms with van der Waals surface area (Å²) in [5.41, 5.74) is -1.31. The van der Waals surface area contributed by atoms with Crippen molar-refractivity contribution in [3.05, 3.63) is 29.3 Å². The smallest absolute Gasteiger partial charge is 0.356 e. The molecular weight excluding hydrogens is 357 g/mol. The highest BCUT2D eigenvalue weighted by molar-refractivity contribution is 7.89. The van der Waals surface area contributed by atoms with E-state index in [-0.39, 0.29) is 29.5 Å². The number of piperidine rings is 1. The Morgan fingerprint density at radius 3 is 2.28 bits per heavy atom. The number of benzene rings is 1. The van der Waals surface area contributed by atoms with Gasteiger partial charge in [-0.15, -0.1) is 0 Å². The molecule has 0 unspecified atom stereocenters. The molecule has 138 valence electrons. The van der Waals surface area contributed by atoms with Gasteiger partial charge in [0.15, 0.2) is 0 Å². The van der Waals surface area contributed by atoms with Crippen LogP contribution in [0.4, 0.5) is 13.2 Å². The van der Waals surface area contributed by atoms with Crippen molar-refractivity contribution in [2.24, 2.45) is 5.41 Å². The van der Waals surface area contributed by atoms with Crippen molar-refractivity contribution in [3.8, 4) is 0 Å². The molecule has 1 N–H and O–H groups in total. The lowest BCUT2D eigenvalue weighted by Crippen LogP contribution is -2.46. The summed E-state index contributed by atoms with van der Waals surface area (Å²) in [6.45, 7) is 2.34. The zero-order chi connectivity index (χ0) is 18.5. The van der Waals surface area contributed by atoms with E-state index in [1.165, 1.54) is 11.2 Å². The van der Waals surface area contributed by atoms with Crippen LogP contribution < -0.4 is 5.32 Å². The number of hydrogen-bond donors (Lipinski definition) is 1. The molecule has 2 saturated heterocycles. The minimum Gasteiger partial charge on any atom is -0.356 e. The molecule has 1 spiro atoms. The predicted octanol–water partition coefficient (Wildman–Crippen LogP) is 2.30. The van der Waals surface area contributed by atoms with E-state index in [1.807, 2.05) is 0 Å². The van der Waals surface area contributed by atoms with Gasteiger partial charge < -0.3 is 5.32 Å². The van der Waals surface area contributed by atoms with E-state index in [2.05, 4.69) is 5.32 Å². The van der Waals surface area contributed by atoms with Gasteiger partial charge >= 0.3 is 6.18 Å². The number of rotatable bonds is 2. The Bertz CT molecular complexity index is 797. The number of carbonyl (C=O) groups excluding carboxylic acids is 1. The molecule has 25 heavy (non-hydrogen) atoms. The zero-order valence-corrected chi connectivity index (χ0v) is 14.5. The number of halogens is 3. The third-order valence-corrected chi connectivity index (χ3v) is 7.23. The van der Waals surface area contributed by atoms with Crippen molar-refractivity contribution in [2.45, 2.75) is 37.3 Å². The molecule has 2 heterocycles. The summed E-state index contributed by atoms with van der Waals surface area (Å²) in [4.78, 5) is 11.9. The van der Waals surface area contributed by atoms with Crippen molar-refractivity contribution in [2.75, 3.05) is 19.6 Å². The Morgan fingerprint density at radius 2 is 1.80 bits per heavy atom. The average Bonchev–Trinajstić information content (AvgIpc) is 2.87. The molecule has 1 aromatic carbocycles. The van der Waals surface area contributed by atoms with Crippen LogP contribution in [0, 0.1) is 12.3 Å². The van der Waals surface area contributed by atoms with Crippen molar-refractivity contribution < 1.29 is 26.4 Å². The van der Waals surface area contributed by atoms with Gasteiger partial charge in [0, 0.05) is 19.6 Å². The van der Waals surface area contributed by atoms with Gasteiger partial charge in [-0.25, -0.2) is 8.42 Å². The van der Waals surface area contributed by atoms with Gasteiger partial charge in [-0.05, 0) is 49.9 Å². The molecule has 0 aliphatic carbocycles. The van der Waals surface area contributed by atoms with Crippen LogP contribution in [0.2, 0.25) is 0 Å². The quantitative estimate of drug-likeness (QED) is 0.861.